The van der Waals surface area contributed by atoms with Crippen LogP contribution in [0.1, 0.15) is 27.9 Å². The molecule has 0 unspecified atom stereocenters. The molecule has 1 aliphatic carbocycles. The van der Waals surface area contributed by atoms with E-state index in [-0.39, 0.29) is 5.91 Å². The van der Waals surface area contributed by atoms with Gasteiger partial charge in [-0.3, -0.25) is 4.79 Å². The number of amides is 1. The lowest BCUT2D eigenvalue weighted by Gasteiger charge is -2.09. The number of carbonyl (C=O) groups is 1. The van der Waals surface area contributed by atoms with Gasteiger partial charge in [-0.15, -0.1) is 0 Å². The van der Waals surface area contributed by atoms with Gasteiger partial charge in [0.15, 0.2) is 11.5 Å². The summed E-state index contributed by atoms with van der Waals surface area (Å²) in [5.41, 5.74) is 6.39. The molecule has 0 aromatic heterocycles. The predicted molar refractivity (Wildman–Crippen MR) is 88.3 cm³/mol. The zero-order valence-electron chi connectivity index (χ0n) is 13.1. The second kappa shape index (κ2) is 6.52. The summed E-state index contributed by atoms with van der Waals surface area (Å²) in [6.45, 7) is 0. The molecule has 2 aromatic rings. The van der Waals surface area contributed by atoms with E-state index >= 15 is 0 Å². The third-order valence-corrected chi connectivity index (χ3v) is 3.90. The number of carbonyl (C=O) groups excluding carboxylic acids is 1. The Morgan fingerprint density at radius 1 is 1.04 bits per heavy atom. The highest BCUT2D eigenvalue weighted by Gasteiger charge is 2.17. The number of hydrazone groups is 1. The van der Waals surface area contributed by atoms with E-state index in [2.05, 4.69) is 16.6 Å². The molecule has 5 heteroatoms. The number of ether oxygens (including phenoxy) is 2. The number of benzene rings is 2. The van der Waals surface area contributed by atoms with Crippen molar-refractivity contribution in [2.24, 2.45) is 5.10 Å². The van der Waals surface area contributed by atoms with Gasteiger partial charge < -0.3 is 9.47 Å². The van der Waals surface area contributed by atoms with Crippen LogP contribution in [0, 0.1) is 0 Å². The number of aryl methyl sites for hydroxylation is 1. The first-order valence-electron chi connectivity index (χ1n) is 7.40. The maximum absolute atomic E-state index is 12.3. The van der Waals surface area contributed by atoms with E-state index in [1.807, 2.05) is 18.2 Å². The number of fused-ring (bicyclic) bond motifs is 1. The van der Waals surface area contributed by atoms with Crippen molar-refractivity contribution in [3.05, 3.63) is 59.2 Å². The van der Waals surface area contributed by atoms with Crippen LogP contribution in [0.5, 0.6) is 11.5 Å². The Kier molecular flexibility index (Phi) is 4.28. The lowest BCUT2D eigenvalue weighted by molar-refractivity contribution is 0.0954. The minimum absolute atomic E-state index is 0.275. The van der Waals surface area contributed by atoms with Gasteiger partial charge in [0.1, 0.15) is 0 Å². The van der Waals surface area contributed by atoms with Gasteiger partial charge in [-0.2, -0.15) is 5.10 Å². The molecule has 0 saturated carbocycles. The summed E-state index contributed by atoms with van der Waals surface area (Å²) >= 11 is 0. The average Bonchev–Trinajstić information content (AvgIpc) is 3.02. The van der Waals surface area contributed by atoms with Gasteiger partial charge in [0, 0.05) is 11.1 Å². The van der Waals surface area contributed by atoms with Crippen LogP contribution in [0.2, 0.25) is 0 Å². The van der Waals surface area contributed by atoms with Gasteiger partial charge in [-0.25, -0.2) is 5.43 Å². The van der Waals surface area contributed by atoms with Crippen LogP contribution in [0.4, 0.5) is 0 Å². The van der Waals surface area contributed by atoms with E-state index in [0.717, 1.165) is 24.1 Å². The van der Waals surface area contributed by atoms with Crippen molar-refractivity contribution < 1.29 is 14.3 Å². The van der Waals surface area contributed by atoms with E-state index in [9.17, 15) is 4.79 Å². The molecule has 3 rings (SSSR count). The molecule has 0 spiro atoms. The van der Waals surface area contributed by atoms with Crippen LogP contribution < -0.4 is 14.9 Å². The number of methoxy groups -OCH3 is 2. The Hall–Kier alpha value is -2.82. The third-order valence-electron chi connectivity index (χ3n) is 3.90. The number of hydrogen-bond donors (Lipinski definition) is 1. The second-order valence-corrected chi connectivity index (χ2v) is 5.23. The summed E-state index contributed by atoms with van der Waals surface area (Å²) in [5, 5.41) is 4.28. The first kappa shape index (κ1) is 15.1. The standard InChI is InChI=1S/C18H18N2O3/c1-22-16-10-8-13(11-17(16)23-2)18(21)20-19-15-9-7-12-5-3-4-6-14(12)15/h3-6,8,10-11H,7,9H2,1-2H3,(H,20,21)/b19-15-. The maximum Gasteiger partial charge on any atom is 0.271 e. The normalized spacial score (nSPS) is 14.4. The fourth-order valence-electron chi connectivity index (χ4n) is 2.68. The number of nitrogens with one attached hydrogen (secondary N) is 1. The molecule has 1 N–H and O–H groups in total. The Labute approximate surface area is 134 Å². The fraction of sp³-hybridized carbons (Fsp3) is 0.222. The lowest BCUT2D eigenvalue weighted by Crippen LogP contribution is -2.19. The number of hydrogen-bond acceptors (Lipinski definition) is 4. The molecule has 0 atom stereocenters. The smallest absolute Gasteiger partial charge is 0.271 e. The van der Waals surface area contributed by atoms with Crippen LogP contribution in [-0.2, 0) is 6.42 Å². The second-order valence-electron chi connectivity index (χ2n) is 5.23. The molecule has 0 saturated heterocycles. The molecule has 1 amide bonds. The maximum atomic E-state index is 12.3. The van der Waals surface area contributed by atoms with Crippen molar-refractivity contribution >= 4 is 11.6 Å². The van der Waals surface area contributed by atoms with E-state index < -0.39 is 0 Å². The Morgan fingerprint density at radius 2 is 1.83 bits per heavy atom. The fourth-order valence-corrected chi connectivity index (χ4v) is 2.68. The van der Waals surface area contributed by atoms with Crippen molar-refractivity contribution in [1.29, 1.82) is 0 Å². The highest BCUT2D eigenvalue weighted by molar-refractivity contribution is 6.05. The highest BCUT2D eigenvalue weighted by Crippen LogP contribution is 2.27. The Morgan fingerprint density at radius 3 is 2.61 bits per heavy atom. The molecule has 0 fully saturated rings. The lowest BCUT2D eigenvalue weighted by atomic mass is 10.1. The summed E-state index contributed by atoms with van der Waals surface area (Å²) in [4.78, 5) is 12.3. The predicted octanol–water partition coefficient (Wildman–Crippen LogP) is 2.78. The summed E-state index contributed by atoms with van der Waals surface area (Å²) in [5.74, 6) is 0.821. The molecule has 23 heavy (non-hydrogen) atoms. The molecular formula is C18H18N2O3. The molecule has 118 valence electrons. The minimum atomic E-state index is -0.275. The van der Waals surface area contributed by atoms with Gasteiger partial charge in [0.05, 0.1) is 19.9 Å². The van der Waals surface area contributed by atoms with Gasteiger partial charge >= 0.3 is 0 Å². The SMILES string of the molecule is COc1ccc(C(=O)N/N=C2/CCc3ccccc32)cc1OC. The minimum Gasteiger partial charge on any atom is -0.493 e. The van der Waals surface area contributed by atoms with Gasteiger partial charge in [0.25, 0.3) is 5.91 Å². The van der Waals surface area contributed by atoms with E-state index in [1.54, 1.807) is 25.3 Å². The van der Waals surface area contributed by atoms with Crippen LogP contribution in [0.25, 0.3) is 0 Å². The van der Waals surface area contributed by atoms with Crippen molar-refractivity contribution in [3.8, 4) is 11.5 Å². The van der Waals surface area contributed by atoms with Crippen molar-refractivity contribution in [2.75, 3.05) is 14.2 Å². The van der Waals surface area contributed by atoms with Crippen LogP contribution in [0.3, 0.4) is 0 Å². The van der Waals surface area contributed by atoms with Crippen molar-refractivity contribution in [1.82, 2.24) is 5.43 Å². The summed E-state index contributed by atoms with van der Waals surface area (Å²) in [6.07, 6.45) is 1.80. The molecule has 0 aliphatic heterocycles. The topological polar surface area (TPSA) is 59.9 Å². The number of rotatable bonds is 4. The monoisotopic (exact) mass is 310 g/mol. The molecule has 5 nitrogen and oxygen atoms in total. The van der Waals surface area contributed by atoms with Crippen LogP contribution >= 0.6 is 0 Å². The average molecular weight is 310 g/mol. The summed E-state index contributed by atoms with van der Waals surface area (Å²) in [7, 11) is 3.09. The number of nitrogens with zero attached hydrogens (tertiary/aromatic N) is 1. The molecule has 2 aromatic carbocycles. The zero-order chi connectivity index (χ0) is 16.2. The van der Waals surface area contributed by atoms with Gasteiger partial charge in [-0.05, 0) is 36.6 Å². The van der Waals surface area contributed by atoms with Crippen LogP contribution in [0.15, 0.2) is 47.6 Å². The van der Waals surface area contributed by atoms with E-state index in [0.29, 0.717) is 17.1 Å². The quantitative estimate of drug-likeness (QED) is 0.883. The van der Waals surface area contributed by atoms with E-state index in [4.69, 9.17) is 9.47 Å². The molecule has 0 radical (unpaired) electrons. The molecular weight excluding hydrogens is 292 g/mol. The largest absolute Gasteiger partial charge is 0.493 e. The van der Waals surface area contributed by atoms with Gasteiger partial charge in [0.2, 0.25) is 0 Å². The van der Waals surface area contributed by atoms with E-state index in [1.165, 1.54) is 12.7 Å². The molecule has 0 heterocycles. The van der Waals surface area contributed by atoms with Gasteiger partial charge in [-0.1, -0.05) is 24.3 Å². The van der Waals surface area contributed by atoms with Crippen molar-refractivity contribution in [2.45, 2.75) is 12.8 Å². The molecule has 1 aliphatic rings. The third kappa shape index (κ3) is 3.04. The first-order valence-corrected chi connectivity index (χ1v) is 7.40. The summed E-state index contributed by atoms with van der Waals surface area (Å²) < 4.78 is 10.4. The van der Waals surface area contributed by atoms with Crippen LogP contribution in [-0.4, -0.2) is 25.8 Å². The summed E-state index contributed by atoms with van der Waals surface area (Å²) in [6, 6.07) is 13.1. The Bertz CT molecular complexity index is 769. The zero-order valence-corrected chi connectivity index (χ0v) is 13.1. The Balaban J connectivity index is 1.77. The molecule has 0 bridgehead atoms. The van der Waals surface area contributed by atoms with Crippen molar-refractivity contribution in [3.63, 3.8) is 0 Å². The highest BCUT2D eigenvalue weighted by atomic mass is 16.5. The first-order chi connectivity index (χ1) is 11.2.